The minimum Gasteiger partial charge on any atom is -0.385 e. The Balaban J connectivity index is 2.16. The Morgan fingerprint density at radius 2 is 2.14 bits per heavy atom. The standard InChI is InChI=1S/C17H30N2O3/c1-15(20)19(12-6-14-22-2)13-10-17(21)18-11-9-16-7-4-3-5-8-16/h7H,3-6,8-14H2,1-2H3,(H,18,21). The van der Waals surface area contributed by atoms with Crippen molar-refractivity contribution in [2.45, 2.75) is 51.9 Å². The highest BCUT2D eigenvalue weighted by Crippen LogP contribution is 2.19. The molecule has 0 fully saturated rings. The zero-order chi connectivity index (χ0) is 16.2. The highest BCUT2D eigenvalue weighted by atomic mass is 16.5. The molecule has 0 aliphatic heterocycles. The Morgan fingerprint density at radius 3 is 2.77 bits per heavy atom. The predicted octanol–water partition coefficient (Wildman–Crippen LogP) is 2.27. The Bertz CT molecular complexity index is 380. The molecule has 1 N–H and O–H groups in total. The predicted molar refractivity (Wildman–Crippen MR) is 87.5 cm³/mol. The second kappa shape index (κ2) is 11.2. The van der Waals surface area contributed by atoms with Gasteiger partial charge in [0.15, 0.2) is 0 Å². The third-order valence-electron chi connectivity index (χ3n) is 3.98. The van der Waals surface area contributed by atoms with E-state index in [-0.39, 0.29) is 11.8 Å². The van der Waals surface area contributed by atoms with Gasteiger partial charge in [0.1, 0.15) is 0 Å². The van der Waals surface area contributed by atoms with Gasteiger partial charge in [-0.2, -0.15) is 0 Å². The highest BCUT2D eigenvalue weighted by molar-refractivity contribution is 5.78. The fourth-order valence-corrected chi connectivity index (χ4v) is 2.65. The van der Waals surface area contributed by atoms with E-state index in [0.29, 0.717) is 32.7 Å². The van der Waals surface area contributed by atoms with Gasteiger partial charge in [-0.1, -0.05) is 11.6 Å². The summed E-state index contributed by atoms with van der Waals surface area (Å²) < 4.78 is 4.99. The molecular formula is C17H30N2O3. The molecule has 0 saturated carbocycles. The SMILES string of the molecule is COCCCN(CCC(=O)NCCC1=CCCCC1)C(C)=O. The van der Waals surface area contributed by atoms with Gasteiger partial charge in [-0.05, 0) is 38.5 Å². The van der Waals surface area contributed by atoms with Crippen LogP contribution in [0.2, 0.25) is 0 Å². The molecule has 0 heterocycles. The van der Waals surface area contributed by atoms with Crippen LogP contribution in [0.25, 0.3) is 0 Å². The average Bonchev–Trinajstić information content (AvgIpc) is 2.51. The van der Waals surface area contributed by atoms with E-state index >= 15 is 0 Å². The molecule has 0 saturated heterocycles. The molecule has 1 aliphatic rings. The van der Waals surface area contributed by atoms with Crippen molar-refractivity contribution >= 4 is 11.8 Å². The molecule has 0 aromatic rings. The van der Waals surface area contributed by atoms with Crippen LogP contribution in [-0.4, -0.2) is 50.1 Å². The molecule has 0 aromatic heterocycles. The van der Waals surface area contributed by atoms with Gasteiger partial charge in [0.25, 0.3) is 0 Å². The summed E-state index contributed by atoms with van der Waals surface area (Å²) in [6, 6.07) is 0. The van der Waals surface area contributed by atoms with E-state index in [1.165, 1.54) is 31.3 Å². The number of nitrogens with one attached hydrogen (secondary N) is 1. The Kier molecular flexibility index (Phi) is 9.55. The van der Waals surface area contributed by atoms with Crippen molar-refractivity contribution in [3.63, 3.8) is 0 Å². The lowest BCUT2D eigenvalue weighted by Gasteiger charge is -2.20. The first kappa shape index (κ1) is 18.7. The number of hydrogen-bond acceptors (Lipinski definition) is 3. The molecule has 22 heavy (non-hydrogen) atoms. The molecule has 5 heteroatoms. The monoisotopic (exact) mass is 310 g/mol. The number of ether oxygens (including phenoxy) is 1. The molecular weight excluding hydrogens is 280 g/mol. The summed E-state index contributed by atoms with van der Waals surface area (Å²) in [5.41, 5.74) is 1.47. The van der Waals surface area contributed by atoms with Crippen LogP contribution < -0.4 is 5.32 Å². The Morgan fingerprint density at radius 1 is 1.32 bits per heavy atom. The number of hydrogen-bond donors (Lipinski definition) is 1. The van der Waals surface area contributed by atoms with Crippen molar-refractivity contribution in [3.8, 4) is 0 Å². The lowest BCUT2D eigenvalue weighted by molar-refractivity contribution is -0.129. The van der Waals surface area contributed by atoms with Crippen molar-refractivity contribution in [2.75, 3.05) is 33.4 Å². The second-order valence-electron chi connectivity index (χ2n) is 5.81. The molecule has 0 atom stereocenters. The highest BCUT2D eigenvalue weighted by Gasteiger charge is 2.11. The first-order chi connectivity index (χ1) is 10.6. The molecule has 1 rings (SSSR count). The maximum Gasteiger partial charge on any atom is 0.221 e. The summed E-state index contributed by atoms with van der Waals surface area (Å²) in [5.74, 6) is 0.0330. The van der Waals surface area contributed by atoms with E-state index in [2.05, 4.69) is 11.4 Å². The molecule has 0 spiro atoms. The number of amides is 2. The number of carbonyl (C=O) groups is 2. The lowest BCUT2D eigenvalue weighted by atomic mass is 9.97. The third-order valence-corrected chi connectivity index (χ3v) is 3.98. The molecule has 5 nitrogen and oxygen atoms in total. The minimum atomic E-state index is 0.0104. The first-order valence-electron chi connectivity index (χ1n) is 8.32. The fourth-order valence-electron chi connectivity index (χ4n) is 2.65. The van der Waals surface area contributed by atoms with Crippen LogP contribution in [0, 0.1) is 0 Å². The molecule has 0 unspecified atom stereocenters. The van der Waals surface area contributed by atoms with E-state index in [4.69, 9.17) is 4.74 Å². The van der Waals surface area contributed by atoms with Crippen LogP contribution in [0.5, 0.6) is 0 Å². The van der Waals surface area contributed by atoms with Crippen molar-refractivity contribution in [2.24, 2.45) is 0 Å². The van der Waals surface area contributed by atoms with Gasteiger partial charge in [-0.15, -0.1) is 0 Å². The quantitative estimate of drug-likeness (QED) is 0.497. The summed E-state index contributed by atoms with van der Waals surface area (Å²) in [4.78, 5) is 25.1. The van der Waals surface area contributed by atoms with E-state index in [0.717, 1.165) is 12.8 Å². The van der Waals surface area contributed by atoms with E-state index in [9.17, 15) is 9.59 Å². The Labute approximate surface area is 134 Å². The van der Waals surface area contributed by atoms with Crippen molar-refractivity contribution < 1.29 is 14.3 Å². The van der Waals surface area contributed by atoms with Gasteiger partial charge in [-0.25, -0.2) is 0 Å². The van der Waals surface area contributed by atoms with Crippen LogP contribution in [0.4, 0.5) is 0 Å². The van der Waals surface area contributed by atoms with Crippen LogP contribution in [-0.2, 0) is 14.3 Å². The van der Waals surface area contributed by atoms with Gasteiger partial charge < -0.3 is 15.0 Å². The summed E-state index contributed by atoms with van der Waals surface area (Å²) in [6.07, 6.45) is 9.34. The van der Waals surface area contributed by atoms with E-state index in [1.54, 1.807) is 18.9 Å². The molecule has 126 valence electrons. The molecule has 1 aliphatic carbocycles. The van der Waals surface area contributed by atoms with Gasteiger partial charge in [0.05, 0.1) is 0 Å². The van der Waals surface area contributed by atoms with Crippen LogP contribution in [0.1, 0.15) is 51.9 Å². The summed E-state index contributed by atoms with van der Waals surface area (Å²) in [7, 11) is 1.65. The van der Waals surface area contributed by atoms with E-state index in [1.807, 2.05) is 0 Å². The number of nitrogens with zero attached hydrogens (tertiary/aromatic N) is 1. The van der Waals surface area contributed by atoms with Gasteiger partial charge in [0.2, 0.25) is 11.8 Å². The second-order valence-corrected chi connectivity index (χ2v) is 5.81. The summed E-state index contributed by atoms with van der Waals surface area (Å²) in [5, 5.41) is 2.95. The minimum absolute atomic E-state index is 0.0104. The topological polar surface area (TPSA) is 58.6 Å². The molecule has 2 amide bonds. The van der Waals surface area contributed by atoms with Gasteiger partial charge >= 0.3 is 0 Å². The van der Waals surface area contributed by atoms with Crippen molar-refractivity contribution in [1.82, 2.24) is 10.2 Å². The number of methoxy groups -OCH3 is 1. The van der Waals surface area contributed by atoms with Gasteiger partial charge in [0, 0.05) is 46.7 Å². The van der Waals surface area contributed by atoms with Gasteiger partial charge in [-0.3, -0.25) is 9.59 Å². The third kappa shape index (κ3) is 8.17. The maximum absolute atomic E-state index is 11.8. The van der Waals surface area contributed by atoms with Crippen LogP contribution >= 0.6 is 0 Å². The molecule has 0 radical (unpaired) electrons. The number of allylic oxidation sites excluding steroid dienone is 1. The zero-order valence-corrected chi connectivity index (χ0v) is 14.0. The smallest absolute Gasteiger partial charge is 0.221 e. The molecule has 0 aromatic carbocycles. The Hall–Kier alpha value is -1.36. The van der Waals surface area contributed by atoms with Crippen LogP contribution in [0.15, 0.2) is 11.6 Å². The summed E-state index contributed by atoms with van der Waals surface area (Å²) >= 11 is 0. The summed E-state index contributed by atoms with van der Waals surface area (Å²) in [6.45, 7) is 4.00. The maximum atomic E-state index is 11.8. The number of carbonyl (C=O) groups excluding carboxylic acids is 2. The largest absolute Gasteiger partial charge is 0.385 e. The van der Waals surface area contributed by atoms with Crippen LogP contribution in [0.3, 0.4) is 0 Å². The normalized spacial score (nSPS) is 14.4. The first-order valence-corrected chi connectivity index (χ1v) is 8.32. The lowest BCUT2D eigenvalue weighted by Crippen LogP contribution is -2.35. The van der Waals surface area contributed by atoms with E-state index < -0.39 is 0 Å². The number of rotatable bonds is 10. The zero-order valence-electron chi connectivity index (χ0n) is 14.0. The van der Waals surface area contributed by atoms with Crippen molar-refractivity contribution in [3.05, 3.63) is 11.6 Å². The fraction of sp³-hybridized carbons (Fsp3) is 0.765. The molecule has 0 bridgehead atoms. The average molecular weight is 310 g/mol. The van der Waals surface area contributed by atoms with Crippen molar-refractivity contribution in [1.29, 1.82) is 0 Å².